The monoisotopic (exact) mass is 274 g/mol. The standard InChI is InChI=1S/C16H26N4/c1-13(11-12-14-7-3-2-4-8-14)18-16(20-17)19-15-9-5-6-10-15/h2-4,7-8,13,15H,5-6,9-12,17H2,1H3,(H2,18,19,20). The third-order valence-electron chi connectivity index (χ3n) is 3.87. The topological polar surface area (TPSA) is 62.4 Å². The molecule has 1 atom stereocenters. The van der Waals surface area contributed by atoms with E-state index in [1.54, 1.807) is 0 Å². The fourth-order valence-electron chi connectivity index (χ4n) is 2.67. The Hall–Kier alpha value is -1.55. The van der Waals surface area contributed by atoms with E-state index in [2.05, 4.69) is 53.0 Å². The first-order valence-corrected chi connectivity index (χ1v) is 7.63. The zero-order valence-corrected chi connectivity index (χ0v) is 12.3. The van der Waals surface area contributed by atoms with Gasteiger partial charge in [-0.05, 0) is 38.2 Å². The third kappa shape index (κ3) is 4.85. The summed E-state index contributed by atoms with van der Waals surface area (Å²) < 4.78 is 0. The quantitative estimate of drug-likeness (QED) is 0.334. The molecule has 0 aromatic heterocycles. The second-order valence-electron chi connectivity index (χ2n) is 5.63. The summed E-state index contributed by atoms with van der Waals surface area (Å²) in [6, 6.07) is 11.4. The van der Waals surface area contributed by atoms with Gasteiger partial charge in [0.2, 0.25) is 5.96 Å². The molecule has 110 valence electrons. The van der Waals surface area contributed by atoms with Gasteiger partial charge in [0.1, 0.15) is 0 Å². The highest BCUT2D eigenvalue weighted by molar-refractivity contribution is 5.79. The highest BCUT2D eigenvalue weighted by Crippen LogP contribution is 2.20. The van der Waals surface area contributed by atoms with Gasteiger partial charge in [-0.3, -0.25) is 5.43 Å². The molecule has 4 heteroatoms. The fraction of sp³-hybridized carbons (Fsp3) is 0.562. The Kier molecular flexibility index (Phi) is 5.87. The van der Waals surface area contributed by atoms with Crippen LogP contribution < -0.4 is 16.6 Å². The molecule has 0 bridgehead atoms. The minimum absolute atomic E-state index is 0.353. The maximum absolute atomic E-state index is 5.56. The Morgan fingerprint density at radius 1 is 1.30 bits per heavy atom. The summed E-state index contributed by atoms with van der Waals surface area (Å²) in [6.45, 7) is 2.17. The molecule has 2 rings (SSSR count). The first-order chi connectivity index (χ1) is 9.78. The molecule has 1 aromatic carbocycles. The van der Waals surface area contributed by atoms with Crippen LogP contribution in [0.25, 0.3) is 0 Å². The predicted octanol–water partition coefficient (Wildman–Crippen LogP) is 2.36. The Morgan fingerprint density at radius 3 is 2.65 bits per heavy atom. The number of hydrogen-bond donors (Lipinski definition) is 3. The lowest BCUT2D eigenvalue weighted by Crippen LogP contribution is -2.46. The molecular weight excluding hydrogens is 248 g/mol. The lowest BCUT2D eigenvalue weighted by atomic mass is 10.1. The average molecular weight is 274 g/mol. The summed E-state index contributed by atoms with van der Waals surface area (Å²) in [5.41, 5.74) is 4.07. The number of rotatable bonds is 5. The highest BCUT2D eigenvalue weighted by atomic mass is 15.3. The van der Waals surface area contributed by atoms with Crippen molar-refractivity contribution in [3.05, 3.63) is 35.9 Å². The molecule has 0 heterocycles. The van der Waals surface area contributed by atoms with Crippen molar-refractivity contribution in [3.8, 4) is 0 Å². The molecule has 4 N–H and O–H groups in total. The van der Waals surface area contributed by atoms with Crippen molar-refractivity contribution < 1.29 is 0 Å². The molecular formula is C16H26N4. The highest BCUT2D eigenvalue weighted by Gasteiger charge is 2.15. The molecule has 20 heavy (non-hydrogen) atoms. The van der Waals surface area contributed by atoms with Gasteiger partial charge in [0.25, 0.3) is 0 Å². The molecule has 1 aliphatic rings. The lowest BCUT2D eigenvalue weighted by molar-refractivity contribution is 0.586. The van der Waals surface area contributed by atoms with Gasteiger partial charge >= 0.3 is 0 Å². The summed E-state index contributed by atoms with van der Waals surface area (Å²) >= 11 is 0. The minimum atomic E-state index is 0.353. The molecule has 0 amide bonds. The van der Waals surface area contributed by atoms with Gasteiger partial charge in [-0.1, -0.05) is 43.2 Å². The van der Waals surface area contributed by atoms with E-state index in [9.17, 15) is 0 Å². The van der Waals surface area contributed by atoms with Crippen LogP contribution in [0.1, 0.15) is 44.6 Å². The van der Waals surface area contributed by atoms with E-state index >= 15 is 0 Å². The third-order valence-corrected chi connectivity index (χ3v) is 3.87. The summed E-state index contributed by atoms with van der Waals surface area (Å²) in [7, 11) is 0. The number of hydrazine groups is 1. The predicted molar refractivity (Wildman–Crippen MR) is 84.4 cm³/mol. The molecule has 0 radical (unpaired) electrons. The van der Waals surface area contributed by atoms with Gasteiger partial charge in [-0.15, -0.1) is 0 Å². The molecule has 4 nitrogen and oxygen atoms in total. The summed E-state index contributed by atoms with van der Waals surface area (Å²) in [6.07, 6.45) is 7.08. The Bertz CT molecular complexity index is 410. The van der Waals surface area contributed by atoms with Gasteiger partial charge in [0.15, 0.2) is 0 Å². The van der Waals surface area contributed by atoms with Crippen LogP contribution in [-0.2, 0) is 6.42 Å². The number of nitrogens with one attached hydrogen (secondary N) is 2. The number of aliphatic imine (C=N–C) groups is 1. The largest absolute Gasteiger partial charge is 0.353 e. The zero-order valence-electron chi connectivity index (χ0n) is 12.3. The first-order valence-electron chi connectivity index (χ1n) is 7.63. The van der Waals surface area contributed by atoms with Crippen molar-refractivity contribution in [2.75, 3.05) is 0 Å². The molecule has 1 aliphatic carbocycles. The lowest BCUT2D eigenvalue weighted by Gasteiger charge is -2.17. The Balaban J connectivity index is 1.78. The van der Waals surface area contributed by atoms with Crippen LogP contribution in [-0.4, -0.2) is 18.0 Å². The number of hydrogen-bond acceptors (Lipinski definition) is 2. The maximum atomic E-state index is 5.56. The molecule has 1 aromatic rings. The van der Waals surface area contributed by atoms with E-state index < -0.39 is 0 Å². The second kappa shape index (κ2) is 7.90. The summed E-state index contributed by atoms with van der Waals surface area (Å²) in [4.78, 5) is 4.66. The van der Waals surface area contributed by atoms with E-state index in [-0.39, 0.29) is 0 Å². The normalized spacial score (nSPS) is 18.0. The van der Waals surface area contributed by atoms with Crippen LogP contribution in [0.4, 0.5) is 0 Å². The smallest absolute Gasteiger partial charge is 0.206 e. The number of nitrogens with two attached hydrogens (primary N) is 1. The van der Waals surface area contributed by atoms with E-state index in [1.165, 1.54) is 31.2 Å². The number of aryl methyl sites for hydroxylation is 1. The molecule has 0 aliphatic heterocycles. The molecule has 1 fully saturated rings. The number of benzene rings is 1. The van der Waals surface area contributed by atoms with Gasteiger partial charge in [0, 0.05) is 6.04 Å². The summed E-state index contributed by atoms with van der Waals surface area (Å²) in [5.74, 6) is 6.30. The first kappa shape index (κ1) is 14.9. The van der Waals surface area contributed by atoms with Crippen LogP contribution in [0.3, 0.4) is 0 Å². The van der Waals surface area contributed by atoms with Crippen molar-refractivity contribution >= 4 is 5.96 Å². The van der Waals surface area contributed by atoms with Crippen molar-refractivity contribution in [2.24, 2.45) is 10.8 Å². The number of nitrogens with zero attached hydrogens (tertiary/aromatic N) is 1. The molecule has 0 saturated heterocycles. The maximum Gasteiger partial charge on any atom is 0.206 e. The van der Waals surface area contributed by atoms with Crippen LogP contribution in [0.2, 0.25) is 0 Å². The second-order valence-corrected chi connectivity index (χ2v) is 5.63. The van der Waals surface area contributed by atoms with Crippen LogP contribution in [0.5, 0.6) is 0 Å². The molecule has 0 spiro atoms. The Morgan fingerprint density at radius 2 is 2.00 bits per heavy atom. The van der Waals surface area contributed by atoms with E-state index in [0.717, 1.165) is 18.8 Å². The van der Waals surface area contributed by atoms with Crippen molar-refractivity contribution in [3.63, 3.8) is 0 Å². The van der Waals surface area contributed by atoms with E-state index in [0.29, 0.717) is 12.1 Å². The SMILES string of the molecule is CC(CCc1ccccc1)NC(=NC1CCCC1)NN. The zero-order chi connectivity index (χ0) is 14.2. The van der Waals surface area contributed by atoms with Crippen LogP contribution in [0.15, 0.2) is 35.3 Å². The van der Waals surface area contributed by atoms with Crippen molar-refractivity contribution in [1.82, 2.24) is 10.7 Å². The van der Waals surface area contributed by atoms with E-state index in [1.807, 2.05) is 0 Å². The number of guanidine groups is 1. The molecule has 1 saturated carbocycles. The van der Waals surface area contributed by atoms with Crippen molar-refractivity contribution in [1.29, 1.82) is 0 Å². The van der Waals surface area contributed by atoms with Crippen molar-refractivity contribution in [2.45, 2.75) is 57.5 Å². The fourth-order valence-corrected chi connectivity index (χ4v) is 2.67. The van der Waals surface area contributed by atoms with Gasteiger partial charge < -0.3 is 5.32 Å². The van der Waals surface area contributed by atoms with Gasteiger partial charge in [-0.2, -0.15) is 0 Å². The van der Waals surface area contributed by atoms with Crippen LogP contribution >= 0.6 is 0 Å². The van der Waals surface area contributed by atoms with Crippen LogP contribution in [0, 0.1) is 0 Å². The summed E-state index contributed by atoms with van der Waals surface area (Å²) in [5, 5.41) is 3.38. The molecule has 1 unspecified atom stereocenters. The van der Waals surface area contributed by atoms with Gasteiger partial charge in [0.05, 0.1) is 6.04 Å². The minimum Gasteiger partial charge on any atom is -0.353 e. The Labute approximate surface area is 121 Å². The van der Waals surface area contributed by atoms with Gasteiger partial charge in [-0.25, -0.2) is 10.8 Å². The van der Waals surface area contributed by atoms with E-state index in [4.69, 9.17) is 5.84 Å². The average Bonchev–Trinajstić information content (AvgIpc) is 2.98.